The van der Waals surface area contributed by atoms with Gasteiger partial charge in [-0.25, -0.2) is 0 Å². The first kappa shape index (κ1) is 10.4. The van der Waals surface area contributed by atoms with Gasteiger partial charge in [0, 0.05) is 12.0 Å². The van der Waals surface area contributed by atoms with Crippen molar-refractivity contribution in [3.63, 3.8) is 0 Å². The Hall–Kier alpha value is -0.730. The van der Waals surface area contributed by atoms with Crippen molar-refractivity contribution in [3.8, 4) is 5.75 Å². The Balaban J connectivity index is 0.000000845. The lowest BCUT2D eigenvalue weighted by atomic mass is 10.1. The van der Waals surface area contributed by atoms with E-state index in [2.05, 4.69) is 12.1 Å². The highest BCUT2D eigenvalue weighted by Gasteiger charge is 2.34. The first-order valence-corrected chi connectivity index (χ1v) is 4.21. The molecule has 0 bridgehead atoms. The molecule has 0 aromatic heterocycles. The normalized spacial score (nSPS) is 24.8. The molecule has 0 aliphatic heterocycles. The zero-order valence-electron chi connectivity index (χ0n) is 7.57. The van der Waals surface area contributed by atoms with E-state index in [0.29, 0.717) is 12.0 Å². The molecule has 0 heterocycles. The van der Waals surface area contributed by atoms with E-state index >= 15 is 0 Å². The van der Waals surface area contributed by atoms with Crippen LogP contribution >= 0.6 is 12.4 Å². The van der Waals surface area contributed by atoms with Gasteiger partial charge in [0.1, 0.15) is 5.75 Å². The summed E-state index contributed by atoms with van der Waals surface area (Å²) in [4.78, 5) is 0. The van der Waals surface area contributed by atoms with Gasteiger partial charge < -0.3 is 10.5 Å². The van der Waals surface area contributed by atoms with Gasteiger partial charge in [-0.1, -0.05) is 12.1 Å². The number of benzene rings is 1. The Morgan fingerprint density at radius 1 is 1.31 bits per heavy atom. The van der Waals surface area contributed by atoms with E-state index in [1.54, 1.807) is 7.11 Å². The van der Waals surface area contributed by atoms with Gasteiger partial charge in [0.25, 0.3) is 0 Å². The van der Waals surface area contributed by atoms with Gasteiger partial charge in [-0.3, -0.25) is 0 Å². The summed E-state index contributed by atoms with van der Waals surface area (Å²) in [6.45, 7) is 0. The van der Waals surface area contributed by atoms with Crippen LogP contribution in [0.25, 0.3) is 0 Å². The van der Waals surface area contributed by atoms with Crippen LogP contribution in [0.5, 0.6) is 5.75 Å². The lowest BCUT2D eigenvalue weighted by Crippen LogP contribution is -2.00. The zero-order valence-corrected chi connectivity index (χ0v) is 8.38. The third-order valence-electron chi connectivity index (χ3n) is 2.38. The maximum absolute atomic E-state index is 5.74. The molecule has 0 saturated heterocycles. The second-order valence-electron chi connectivity index (χ2n) is 3.28. The van der Waals surface area contributed by atoms with E-state index < -0.39 is 0 Å². The number of rotatable bonds is 2. The molecule has 3 heteroatoms. The molecule has 72 valence electrons. The minimum atomic E-state index is 0. The number of nitrogens with two attached hydrogens (primary N) is 1. The van der Waals surface area contributed by atoms with E-state index in [-0.39, 0.29) is 12.4 Å². The third-order valence-corrected chi connectivity index (χ3v) is 2.38. The molecule has 1 aliphatic rings. The SMILES string of the molecule is COc1ccc(C2CC2N)cc1.Cl. The molecule has 1 aromatic carbocycles. The molecule has 2 N–H and O–H groups in total. The van der Waals surface area contributed by atoms with Crippen LogP contribution in [0.15, 0.2) is 24.3 Å². The molecule has 2 atom stereocenters. The summed E-state index contributed by atoms with van der Waals surface area (Å²) in [5.74, 6) is 1.50. The molecule has 1 aromatic rings. The Morgan fingerprint density at radius 3 is 2.23 bits per heavy atom. The van der Waals surface area contributed by atoms with Crippen LogP contribution in [-0.2, 0) is 0 Å². The van der Waals surface area contributed by atoms with E-state index in [1.807, 2.05) is 12.1 Å². The van der Waals surface area contributed by atoms with Crippen LogP contribution < -0.4 is 10.5 Å². The van der Waals surface area contributed by atoms with Crippen molar-refractivity contribution in [2.24, 2.45) is 5.73 Å². The topological polar surface area (TPSA) is 35.2 Å². The van der Waals surface area contributed by atoms with E-state index in [1.165, 1.54) is 5.56 Å². The van der Waals surface area contributed by atoms with Gasteiger partial charge in [0.15, 0.2) is 0 Å². The second-order valence-corrected chi connectivity index (χ2v) is 3.28. The molecular formula is C10H14ClNO. The van der Waals surface area contributed by atoms with Crippen LogP contribution in [0, 0.1) is 0 Å². The fourth-order valence-electron chi connectivity index (χ4n) is 1.45. The summed E-state index contributed by atoms with van der Waals surface area (Å²) < 4.78 is 5.06. The molecule has 1 fully saturated rings. The van der Waals surface area contributed by atoms with E-state index in [4.69, 9.17) is 10.5 Å². The molecule has 1 saturated carbocycles. The summed E-state index contributed by atoms with van der Waals surface area (Å²) in [6.07, 6.45) is 1.13. The summed E-state index contributed by atoms with van der Waals surface area (Å²) >= 11 is 0. The van der Waals surface area contributed by atoms with Crippen LogP contribution in [0.3, 0.4) is 0 Å². The van der Waals surface area contributed by atoms with Gasteiger partial charge in [0.2, 0.25) is 0 Å². The predicted octanol–water partition coefficient (Wildman–Crippen LogP) is 1.93. The predicted molar refractivity (Wildman–Crippen MR) is 55.6 cm³/mol. The van der Waals surface area contributed by atoms with Crippen molar-refractivity contribution in [1.29, 1.82) is 0 Å². The molecule has 2 nitrogen and oxygen atoms in total. The minimum absolute atomic E-state index is 0. The average molecular weight is 200 g/mol. The molecular weight excluding hydrogens is 186 g/mol. The molecule has 0 amide bonds. The minimum Gasteiger partial charge on any atom is -0.497 e. The van der Waals surface area contributed by atoms with Gasteiger partial charge in [-0.2, -0.15) is 0 Å². The Labute approximate surface area is 84.5 Å². The highest BCUT2D eigenvalue weighted by Crippen LogP contribution is 2.39. The maximum Gasteiger partial charge on any atom is 0.118 e. The molecule has 0 radical (unpaired) electrons. The second kappa shape index (κ2) is 3.99. The lowest BCUT2D eigenvalue weighted by Gasteiger charge is -2.01. The van der Waals surface area contributed by atoms with Crippen molar-refractivity contribution in [3.05, 3.63) is 29.8 Å². The molecule has 13 heavy (non-hydrogen) atoms. The van der Waals surface area contributed by atoms with Crippen molar-refractivity contribution in [1.82, 2.24) is 0 Å². The Morgan fingerprint density at radius 2 is 1.85 bits per heavy atom. The number of hydrogen-bond donors (Lipinski definition) is 1. The zero-order chi connectivity index (χ0) is 8.55. The third kappa shape index (κ3) is 2.14. The van der Waals surface area contributed by atoms with E-state index in [0.717, 1.165) is 12.2 Å². The number of methoxy groups -OCH3 is 1. The largest absolute Gasteiger partial charge is 0.497 e. The summed E-state index contributed by atoms with van der Waals surface area (Å²) in [5.41, 5.74) is 7.07. The standard InChI is InChI=1S/C10H13NO.ClH/c1-12-8-4-2-7(3-5-8)9-6-10(9)11;/h2-5,9-10H,6,11H2,1H3;1H. The van der Waals surface area contributed by atoms with Gasteiger partial charge in [-0.05, 0) is 24.1 Å². The maximum atomic E-state index is 5.74. The van der Waals surface area contributed by atoms with Crippen molar-refractivity contribution in [2.45, 2.75) is 18.4 Å². The van der Waals surface area contributed by atoms with E-state index in [9.17, 15) is 0 Å². The number of hydrogen-bond acceptors (Lipinski definition) is 2. The van der Waals surface area contributed by atoms with Crippen molar-refractivity contribution < 1.29 is 4.74 Å². The number of ether oxygens (including phenoxy) is 1. The molecule has 0 spiro atoms. The Kier molecular flexibility index (Phi) is 3.17. The summed E-state index contributed by atoms with van der Waals surface area (Å²) in [7, 11) is 1.68. The first-order valence-electron chi connectivity index (χ1n) is 4.21. The summed E-state index contributed by atoms with van der Waals surface area (Å²) in [6, 6.07) is 8.55. The van der Waals surface area contributed by atoms with Crippen LogP contribution in [0.2, 0.25) is 0 Å². The monoisotopic (exact) mass is 199 g/mol. The molecule has 1 aliphatic carbocycles. The first-order chi connectivity index (χ1) is 5.81. The van der Waals surface area contributed by atoms with Crippen molar-refractivity contribution in [2.75, 3.05) is 7.11 Å². The highest BCUT2D eigenvalue weighted by molar-refractivity contribution is 5.85. The van der Waals surface area contributed by atoms with Crippen molar-refractivity contribution >= 4 is 12.4 Å². The van der Waals surface area contributed by atoms with Gasteiger partial charge >= 0.3 is 0 Å². The summed E-state index contributed by atoms with van der Waals surface area (Å²) in [5, 5.41) is 0. The van der Waals surface area contributed by atoms with Crippen LogP contribution in [0.1, 0.15) is 17.9 Å². The molecule has 2 rings (SSSR count). The van der Waals surface area contributed by atoms with Gasteiger partial charge in [0.05, 0.1) is 7.11 Å². The quantitative estimate of drug-likeness (QED) is 0.790. The fourth-order valence-corrected chi connectivity index (χ4v) is 1.45. The highest BCUT2D eigenvalue weighted by atomic mass is 35.5. The van der Waals surface area contributed by atoms with Gasteiger partial charge in [-0.15, -0.1) is 12.4 Å². The number of halogens is 1. The smallest absolute Gasteiger partial charge is 0.118 e. The van der Waals surface area contributed by atoms with Crippen LogP contribution in [-0.4, -0.2) is 13.2 Å². The average Bonchev–Trinajstić information content (AvgIpc) is 2.83. The Bertz CT molecular complexity index is 273. The molecule has 2 unspecified atom stereocenters. The van der Waals surface area contributed by atoms with Crippen LogP contribution in [0.4, 0.5) is 0 Å². The fraction of sp³-hybridized carbons (Fsp3) is 0.400. The lowest BCUT2D eigenvalue weighted by molar-refractivity contribution is 0.414.